The van der Waals surface area contributed by atoms with Crippen molar-refractivity contribution < 1.29 is 18.7 Å². The molecule has 11 heteroatoms. The Kier molecular flexibility index (Phi) is 6.23. The van der Waals surface area contributed by atoms with Crippen molar-refractivity contribution in [2.75, 3.05) is 32.1 Å². The molecule has 2 aromatic heterocycles. The Labute approximate surface area is 207 Å². The van der Waals surface area contributed by atoms with Gasteiger partial charge in [-0.15, -0.1) is 0 Å². The van der Waals surface area contributed by atoms with Gasteiger partial charge < -0.3 is 19.3 Å². The predicted molar refractivity (Wildman–Crippen MR) is 132 cm³/mol. The van der Waals surface area contributed by atoms with E-state index < -0.39 is 5.82 Å². The van der Waals surface area contributed by atoms with Gasteiger partial charge in [0.1, 0.15) is 0 Å². The minimum atomic E-state index is -0.695. The number of H-pyrrole nitrogens is 1. The summed E-state index contributed by atoms with van der Waals surface area (Å²) in [7, 11) is 3.21. The number of aromatic nitrogens is 5. The lowest BCUT2D eigenvalue weighted by Gasteiger charge is -2.36. The fourth-order valence-electron chi connectivity index (χ4n) is 3.99. The zero-order valence-electron chi connectivity index (χ0n) is 20.4. The first-order chi connectivity index (χ1) is 17.3. The smallest absolute Gasteiger partial charge is 0.327 e. The standard InChI is InChI=1S/C25H26FN7O3/c1-14-13-35-15(2)12-33(14)24-28-22(16-5-7-20-18(9-16)11-27-31-20)29-25(30-24)36-21-8-6-17(10-19(21)26)23(34)32(3)4/h5-11,14-15H,12-13H2,1-4H3,(H,27,31)/t14-,15-/m1/s1. The number of benzene rings is 2. The summed E-state index contributed by atoms with van der Waals surface area (Å²) in [5.74, 6) is -0.314. The molecule has 1 saturated heterocycles. The first kappa shape index (κ1) is 23.6. The number of halogens is 1. The van der Waals surface area contributed by atoms with E-state index in [4.69, 9.17) is 14.5 Å². The molecule has 0 radical (unpaired) electrons. The molecule has 186 valence electrons. The Balaban J connectivity index is 1.55. The molecule has 1 aliphatic rings. The minimum absolute atomic E-state index is 0.00714. The first-order valence-electron chi connectivity index (χ1n) is 11.6. The van der Waals surface area contributed by atoms with Gasteiger partial charge >= 0.3 is 6.01 Å². The Morgan fingerprint density at radius 2 is 2.00 bits per heavy atom. The third kappa shape index (κ3) is 4.69. The van der Waals surface area contributed by atoms with Gasteiger partial charge in [-0.2, -0.15) is 20.1 Å². The monoisotopic (exact) mass is 491 g/mol. The molecule has 36 heavy (non-hydrogen) atoms. The van der Waals surface area contributed by atoms with Crippen LogP contribution in [0.25, 0.3) is 22.3 Å². The van der Waals surface area contributed by atoms with E-state index in [0.29, 0.717) is 24.9 Å². The van der Waals surface area contributed by atoms with E-state index >= 15 is 0 Å². The Morgan fingerprint density at radius 3 is 2.78 bits per heavy atom. The molecule has 0 bridgehead atoms. The summed E-state index contributed by atoms with van der Waals surface area (Å²) >= 11 is 0. The topological polar surface area (TPSA) is 109 Å². The van der Waals surface area contributed by atoms with Gasteiger partial charge in [-0.3, -0.25) is 9.89 Å². The van der Waals surface area contributed by atoms with Crippen molar-refractivity contribution in [3.05, 3.63) is 54.0 Å². The fourth-order valence-corrected chi connectivity index (χ4v) is 3.99. The van der Waals surface area contributed by atoms with Gasteiger partial charge in [0.15, 0.2) is 17.4 Å². The number of carbonyl (C=O) groups is 1. The Morgan fingerprint density at radius 1 is 1.17 bits per heavy atom. The van der Waals surface area contributed by atoms with Crippen molar-refractivity contribution in [2.24, 2.45) is 0 Å². The van der Waals surface area contributed by atoms with Crippen LogP contribution in [-0.2, 0) is 4.74 Å². The Hall–Kier alpha value is -4.12. The van der Waals surface area contributed by atoms with Gasteiger partial charge in [0.2, 0.25) is 5.95 Å². The van der Waals surface area contributed by atoms with Crippen LogP contribution in [0.5, 0.6) is 11.8 Å². The molecule has 1 aliphatic heterocycles. The maximum atomic E-state index is 14.9. The number of nitrogens with one attached hydrogen (secondary N) is 1. The number of anilines is 1. The zero-order valence-corrected chi connectivity index (χ0v) is 20.4. The van der Waals surface area contributed by atoms with Gasteiger partial charge in [-0.1, -0.05) is 0 Å². The number of amides is 1. The van der Waals surface area contributed by atoms with Crippen molar-refractivity contribution in [1.29, 1.82) is 0 Å². The predicted octanol–water partition coefficient (Wildman–Crippen LogP) is 3.66. The third-order valence-corrected chi connectivity index (χ3v) is 5.95. The molecular formula is C25H26FN7O3. The van der Waals surface area contributed by atoms with E-state index in [-0.39, 0.29) is 35.4 Å². The van der Waals surface area contributed by atoms with Crippen molar-refractivity contribution in [2.45, 2.75) is 26.0 Å². The molecule has 5 rings (SSSR count). The molecule has 3 heterocycles. The lowest BCUT2D eigenvalue weighted by molar-refractivity contribution is 0.0336. The number of ether oxygens (including phenoxy) is 2. The average molecular weight is 492 g/mol. The summed E-state index contributed by atoms with van der Waals surface area (Å²) in [4.78, 5) is 29.3. The number of rotatable bonds is 5. The number of carbonyl (C=O) groups excluding carboxylic acids is 1. The molecule has 0 aliphatic carbocycles. The van der Waals surface area contributed by atoms with Crippen molar-refractivity contribution in [3.8, 4) is 23.1 Å². The van der Waals surface area contributed by atoms with Crippen molar-refractivity contribution in [1.82, 2.24) is 30.0 Å². The van der Waals surface area contributed by atoms with E-state index in [1.165, 1.54) is 17.0 Å². The van der Waals surface area contributed by atoms with Crippen LogP contribution in [-0.4, -0.2) is 75.3 Å². The molecular weight excluding hydrogens is 465 g/mol. The van der Waals surface area contributed by atoms with E-state index in [1.807, 2.05) is 36.9 Å². The third-order valence-electron chi connectivity index (χ3n) is 5.95. The van der Waals surface area contributed by atoms with Crippen molar-refractivity contribution in [3.63, 3.8) is 0 Å². The van der Waals surface area contributed by atoms with E-state index in [1.54, 1.807) is 20.3 Å². The molecule has 2 aromatic carbocycles. The second kappa shape index (κ2) is 9.50. The second-order valence-electron chi connectivity index (χ2n) is 9.01. The summed E-state index contributed by atoms with van der Waals surface area (Å²) < 4.78 is 26.4. The average Bonchev–Trinajstić information content (AvgIpc) is 3.34. The van der Waals surface area contributed by atoms with Crippen LogP contribution in [0.2, 0.25) is 0 Å². The van der Waals surface area contributed by atoms with Crippen LogP contribution >= 0.6 is 0 Å². The van der Waals surface area contributed by atoms with Crippen LogP contribution in [0.3, 0.4) is 0 Å². The van der Waals surface area contributed by atoms with E-state index in [0.717, 1.165) is 22.5 Å². The SMILES string of the molecule is C[C@@H]1CN(c2nc(Oc3ccc(C(=O)N(C)C)cc3F)nc(-c3ccc4[nH]ncc4c3)n2)[C@H](C)CO1. The zero-order chi connectivity index (χ0) is 25.4. The molecule has 1 fully saturated rings. The lowest BCUT2D eigenvalue weighted by atomic mass is 10.1. The van der Waals surface area contributed by atoms with Gasteiger partial charge in [-0.25, -0.2) is 4.39 Å². The van der Waals surface area contributed by atoms with Crippen LogP contribution in [0.4, 0.5) is 10.3 Å². The second-order valence-corrected chi connectivity index (χ2v) is 9.01. The molecule has 1 amide bonds. The van der Waals surface area contributed by atoms with Gasteiger partial charge in [-0.05, 0) is 50.2 Å². The van der Waals surface area contributed by atoms with Crippen LogP contribution in [0.15, 0.2) is 42.6 Å². The van der Waals surface area contributed by atoms with Crippen LogP contribution in [0.1, 0.15) is 24.2 Å². The lowest BCUT2D eigenvalue weighted by Crippen LogP contribution is -2.48. The molecule has 2 atom stereocenters. The molecule has 10 nitrogen and oxygen atoms in total. The summed E-state index contributed by atoms with van der Waals surface area (Å²) in [6, 6.07) is 9.68. The normalized spacial score (nSPS) is 17.9. The van der Waals surface area contributed by atoms with Gasteiger partial charge in [0.25, 0.3) is 5.91 Å². The number of aromatic amines is 1. The Bertz CT molecular complexity index is 1420. The minimum Gasteiger partial charge on any atom is -0.421 e. The highest BCUT2D eigenvalue weighted by Gasteiger charge is 2.27. The summed E-state index contributed by atoms with van der Waals surface area (Å²) in [5, 5.41) is 7.89. The number of morpholine rings is 1. The van der Waals surface area contributed by atoms with Crippen LogP contribution < -0.4 is 9.64 Å². The number of fused-ring (bicyclic) bond motifs is 1. The molecule has 1 N–H and O–H groups in total. The molecule has 0 unspecified atom stereocenters. The first-order valence-corrected chi connectivity index (χ1v) is 11.6. The largest absolute Gasteiger partial charge is 0.421 e. The maximum absolute atomic E-state index is 14.9. The summed E-state index contributed by atoms with van der Waals surface area (Å²) in [6.07, 6.45) is 1.71. The number of hydrogen-bond donors (Lipinski definition) is 1. The highest BCUT2D eigenvalue weighted by molar-refractivity contribution is 5.94. The number of nitrogens with zero attached hydrogens (tertiary/aromatic N) is 6. The van der Waals surface area contributed by atoms with Gasteiger partial charge in [0, 0.05) is 37.2 Å². The quantitative estimate of drug-likeness (QED) is 0.451. The summed E-state index contributed by atoms with van der Waals surface area (Å²) in [5.41, 5.74) is 1.83. The molecule has 4 aromatic rings. The van der Waals surface area contributed by atoms with E-state index in [2.05, 4.69) is 20.2 Å². The number of hydrogen-bond acceptors (Lipinski definition) is 8. The molecule has 0 saturated carbocycles. The van der Waals surface area contributed by atoms with Crippen molar-refractivity contribution >= 4 is 22.8 Å². The fraction of sp³-hybridized carbons (Fsp3) is 0.320. The van der Waals surface area contributed by atoms with Crippen LogP contribution in [0, 0.1) is 5.82 Å². The molecule has 0 spiro atoms. The van der Waals surface area contributed by atoms with E-state index in [9.17, 15) is 9.18 Å². The highest BCUT2D eigenvalue weighted by atomic mass is 19.1. The highest BCUT2D eigenvalue weighted by Crippen LogP contribution is 2.29. The van der Waals surface area contributed by atoms with Gasteiger partial charge in [0.05, 0.1) is 30.5 Å². The maximum Gasteiger partial charge on any atom is 0.327 e. The summed E-state index contributed by atoms with van der Waals surface area (Å²) in [6.45, 7) is 5.11.